The molecule has 2 aromatic carbocycles. The fourth-order valence-corrected chi connectivity index (χ4v) is 4.17. The van der Waals surface area contributed by atoms with E-state index in [4.69, 9.17) is 15.5 Å². The van der Waals surface area contributed by atoms with Crippen LogP contribution in [0.3, 0.4) is 0 Å². The van der Waals surface area contributed by atoms with Gasteiger partial charge in [-0.1, -0.05) is 18.2 Å². The molecule has 7 nitrogen and oxygen atoms in total. The van der Waals surface area contributed by atoms with Crippen LogP contribution in [-0.4, -0.2) is 27.5 Å². The molecule has 5 rings (SSSR count). The lowest BCUT2D eigenvalue weighted by Crippen LogP contribution is -2.22. The maximum absolute atomic E-state index is 7.45. The van der Waals surface area contributed by atoms with E-state index in [1.807, 2.05) is 49.5 Å². The van der Waals surface area contributed by atoms with Gasteiger partial charge >= 0.3 is 0 Å². The zero-order valence-corrected chi connectivity index (χ0v) is 18.6. The third kappa shape index (κ3) is 4.10. The first-order valence-electron chi connectivity index (χ1n) is 11.1. The molecule has 0 spiro atoms. The van der Waals surface area contributed by atoms with Crippen molar-refractivity contribution in [2.45, 2.75) is 26.4 Å². The van der Waals surface area contributed by atoms with Gasteiger partial charge in [-0.15, -0.1) is 0 Å². The first-order valence-corrected chi connectivity index (χ1v) is 11.1. The van der Waals surface area contributed by atoms with E-state index in [2.05, 4.69) is 45.9 Å². The lowest BCUT2D eigenvalue weighted by atomic mass is 9.96. The quantitative estimate of drug-likeness (QED) is 0.349. The zero-order chi connectivity index (χ0) is 22.8. The molecule has 7 heteroatoms. The number of nitrogens with one attached hydrogen (secondary N) is 3. The lowest BCUT2D eigenvalue weighted by molar-refractivity contribution is 0.629. The summed E-state index contributed by atoms with van der Waals surface area (Å²) in [5, 5.41) is 11.6. The van der Waals surface area contributed by atoms with E-state index in [9.17, 15) is 0 Å². The average Bonchev–Trinajstić information content (AvgIpc) is 3.02. The number of nitrogens with zero attached hydrogens (tertiary/aromatic N) is 4. The van der Waals surface area contributed by atoms with Gasteiger partial charge in [-0.25, -0.2) is 15.5 Å². The summed E-state index contributed by atoms with van der Waals surface area (Å²) in [5.74, 6) is 0.701. The maximum atomic E-state index is 7.45. The summed E-state index contributed by atoms with van der Waals surface area (Å²) in [6.07, 6.45) is 5.93. The van der Waals surface area contributed by atoms with Crippen molar-refractivity contribution >= 4 is 27.9 Å². The Hall–Kier alpha value is -3.97. The van der Waals surface area contributed by atoms with E-state index in [1.165, 1.54) is 0 Å². The molecule has 0 radical (unpaired) electrons. The Bertz CT molecular complexity index is 1380. The molecule has 0 bridgehead atoms. The third-order valence-corrected chi connectivity index (χ3v) is 5.82. The van der Waals surface area contributed by atoms with Crippen LogP contribution >= 0.6 is 0 Å². The van der Waals surface area contributed by atoms with Gasteiger partial charge in [0.15, 0.2) is 5.82 Å². The Balaban J connectivity index is 1.58. The van der Waals surface area contributed by atoms with Crippen LogP contribution in [0.25, 0.3) is 27.9 Å². The fourth-order valence-electron chi connectivity index (χ4n) is 4.17. The summed E-state index contributed by atoms with van der Waals surface area (Å²) in [6, 6.07) is 16.2. The summed E-state index contributed by atoms with van der Waals surface area (Å²) < 4.78 is 0. The molecule has 1 aliphatic heterocycles. The second-order valence-corrected chi connectivity index (χ2v) is 8.09. The van der Waals surface area contributed by atoms with Crippen molar-refractivity contribution < 1.29 is 0 Å². The van der Waals surface area contributed by atoms with Crippen molar-refractivity contribution in [2.24, 2.45) is 5.11 Å². The standard InChI is InChI=1S/C26H25N7/c1-3-28-24-13-17(6-9-23(24)33-27)20-11-16(2)30-15-25-21(20)14-31-26(32-25)19-7-8-22-18(12-19)5-4-10-29-22/h4-14,16,27-28,30H,3,15H2,1-2H3/t16-/m1/s1. The maximum Gasteiger partial charge on any atom is 0.159 e. The molecule has 0 fully saturated rings. The van der Waals surface area contributed by atoms with Gasteiger partial charge in [0.25, 0.3) is 0 Å². The van der Waals surface area contributed by atoms with Crippen molar-refractivity contribution in [3.05, 3.63) is 83.8 Å². The Kier molecular flexibility index (Phi) is 5.62. The van der Waals surface area contributed by atoms with Gasteiger partial charge in [0.1, 0.15) is 5.69 Å². The first-order chi connectivity index (χ1) is 16.2. The van der Waals surface area contributed by atoms with E-state index in [0.717, 1.165) is 51.1 Å². The van der Waals surface area contributed by atoms with Gasteiger partial charge in [-0.2, -0.15) is 5.11 Å². The highest BCUT2D eigenvalue weighted by Crippen LogP contribution is 2.34. The van der Waals surface area contributed by atoms with Gasteiger partial charge < -0.3 is 10.6 Å². The van der Waals surface area contributed by atoms with E-state index in [0.29, 0.717) is 18.1 Å². The Labute approximate surface area is 192 Å². The molecular weight excluding hydrogens is 410 g/mol. The molecule has 0 aliphatic carbocycles. The van der Waals surface area contributed by atoms with Crippen molar-refractivity contribution in [3.8, 4) is 11.4 Å². The van der Waals surface area contributed by atoms with E-state index in [1.54, 1.807) is 6.20 Å². The zero-order valence-electron chi connectivity index (χ0n) is 18.6. The Morgan fingerprint density at radius 3 is 2.85 bits per heavy atom. The second kappa shape index (κ2) is 8.88. The van der Waals surface area contributed by atoms with Crippen LogP contribution < -0.4 is 10.6 Å². The van der Waals surface area contributed by atoms with E-state index >= 15 is 0 Å². The molecule has 3 N–H and O–H groups in total. The molecule has 2 aromatic heterocycles. The lowest BCUT2D eigenvalue weighted by Gasteiger charge is -2.14. The SMILES string of the molecule is CCNc1cc(C2=C[C@@H](C)NCc3nc(-c4ccc5ncccc5c4)ncc32)ccc1N=N. The molecule has 4 aromatic rings. The normalized spacial score (nSPS) is 15.5. The van der Waals surface area contributed by atoms with Crippen molar-refractivity contribution in [3.63, 3.8) is 0 Å². The van der Waals surface area contributed by atoms with Gasteiger partial charge in [0.05, 0.1) is 16.9 Å². The fraction of sp³-hybridized carbons (Fsp3) is 0.192. The van der Waals surface area contributed by atoms with Crippen molar-refractivity contribution in [1.82, 2.24) is 20.3 Å². The third-order valence-electron chi connectivity index (χ3n) is 5.82. The van der Waals surface area contributed by atoms with Crippen LogP contribution in [-0.2, 0) is 6.54 Å². The van der Waals surface area contributed by atoms with Gasteiger partial charge in [-0.05, 0) is 61.4 Å². The summed E-state index contributed by atoms with van der Waals surface area (Å²) in [6.45, 7) is 5.58. The van der Waals surface area contributed by atoms with Crippen LogP contribution in [0.1, 0.15) is 30.7 Å². The van der Waals surface area contributed by atoms with E-state index < -0.39 is 0 Å². The minimum atomic E-state index is 0.174. The second-order valence-electron chi connectivity index (χ2n) is 8.09. The molecule has 1 atom stereocenters. The molecule has 164 valence electrons. The number of fused-ring (bicyclic) bond motifs is 2. The average molecular weight is 436 g/mol. The van der Waals surface area contributed by atoms with E-state index in [-0.39, 0.29) is 6.04 Å². The van der Waals surface area contributed by atoms with Crippen LogP contribution in [0.15, 0.2) is 72.1 Å². The Morgan fingerprint density at radius 1 is 1.12 bits per heavy atom. The summed E-state index contributed by atoms with van der Waals surface area (Å²) >= 11 is 0. The molecule has 0 saturated heterocycles. The highest BCUT2D eigenvalue weighted by molar-refractivity contribution is 5.86. The minimum Gasteiger partial charge on any atom is -0.384 e. The number of pyridine rings is 1. The summed E-state index contributed by atoms with van der Waals surface area (Å²) in [7, 11) is 0. The molecule has 0 saturated carbocycles. The van der Waals surface area contributed by atoms with Gasteiger partial charge in [0, 0.05) is 48.0 Å². The van der Waals surface area contributed by atoms with Crippen molar-refractivity contribution in [2.75, 3.05) is 11.9 Å². The largest absolute Gasteiger partial charge is 0.384 e. The number of aromatic nitrogens is 3. The number of benzene rings is 2. The monoisotopic (exact) mass is 435 g/mol. The number of hydrogen-bond donors (Lipinski definition) is 3. The van der Waals surface area contributed by atoms with Gasteiger partial charge in [0.2, 0.25) is 0 Å². The predicted octanol–water partition coefficient (Wildman–Crippen LogP) is 5.71. The summed E-state index contributed by atoms with van der Waals surface area (Å²) in [5.41, 5.74) is 14.9. The first kappa shape index (κ1) is 20.9. The molecule has 1 aliphatic rings. The molecule has 0 unspecified atom stereocenters. The van der Waals surface area contributed by atoms with Crippen LogP contribution in [0.4, 0.5) is 11.4 Å². The molecular formula is C26H25N7. The topological polar surface area (TPSA) is 98.9 Å². The minimum absolute atomic E-state index is 0.174. The molecule has 3 heterocycles. The molecule has 0 amide bonds. The molecule has 33 heavy (non-hydrogen) atoms. The summed E-state index contributed by atoms with van der Waals surface area (Å²) in [4.78, 5) is 14.1. The smallest absolute Gasteiger partial charge is 0.159 e. The van der Waals surface area contributed by atoms with Gasteiger partial charge in [-0.3, -0.25) is 4.98 Å². The predicted molar refractivity (Wildman–Crippen MR) is 132 cm³/mol. The highest BCUT2D eigenvalue weighted by atomic mass is 15.0. The highest BCUT2D eigenvalue weighted by Gasteiger charge is 2.19. The van der Waals surface area contributed by atoms with Crippen molar-refractivity contribution in [1.29, 1.82) is 5.53 Å². The Morgan fingerprint density at radius 2 is 2.00 bits per heavy atom. The number of hydrogen-bond acceptors (Lipinski definition) is 7. The van der Waals surface area contributed by atoms with Crippen LogP contribution in [0.5, 0.6) is 0 Å². The van der Waals surface area contributed by atoms with Crippen LogP contribution in [0.2, 0.25) is 0 Å². The number of rotatable bonds is 5. The number of anilines is 1. The van der Waals surface area contributed by atoms with Crippen LogP contribution in [0, 0.1) is 5.53 Å².